The van der Waals surface area contributed by atoms with E-state index in [9.17, 15) is 4.79 Å². The van der Waals surface area contributed by atoms with E-state index < -0.39 is 0 Å². The molecular weight excluding hydrogens is 200 g/mol. The fourth-order valence-electron chi connectivity index (χ4n) is 2.78. The molecule has 2 aliphatic rings. The maximum atomic E-state index is 12.0. The molecular formula is C14H14O2. The molecule has 1 aliphatic carbocycles. The molecule has 1 aromatic rings. The molecule has 0 unspecified atom stereocenters. The summed E-state index contributed by atoms with van der Waals surface area (Å²) in [6.07, 6.45) is 1.69. The van der Waals surface area contributed by atoms with E-state index in [1.54, 1.807) is 6.08 Å². The number of benzene rings is 1. The monoisotopic (exact) mass is 214 g/mol. The molecule has 1 saturated heterocycles. The number of ether oxygens (including phenoxy) is 1. The van der Waals surface area contributed by atoms with E-state index in [0.29, 0.717) is 5.92 Å². The lowest BCUT2D eigenvalue weighted by molar-refractivity contribution is -0.116. The molecule has 0 amide bonds. The Kier molecular flexibility index (Phi) is 2.10. The number of fused-ring (bicyclic) bond motifs is 1. The van der Waals surface area contributed by atoms with Gasteiger partial charge >= 0.3 is 0 Å². The first-order valence-electron chi connectivity index (χ1n) is 5.70. The molecule has 0 bridgehead atoms. The highest BCUT2D eigenvalue weighted by atomic mass is 16.5. The number of hydrogen-bond acceptors (Lipinski definition) is 2. The molecule has 1 aromatic carbocycles. The smallest absolute Gasteiger partial charge is 0.167 e. The molecule has 2 nitrogen and oxygen atoms in total. The predicted molar refractivity (Wildman–Crippen MR) is 60.9 cm³/mol. The molecule has 3 rings (SSSR count). The fraction of sp³-hybridized carbons (Fsp3) is 0.357. The maximum Gasteiger partial charge on any atom is 0.167 e. The molecule has 0 N–H and O–H groups in total. The Morgan fingerprint density at radius 3 is 2.75 bits per heavy atom. The number of carbonyl (C=O) groups excluding carboxylic acids is 1. The summed E-state index contributed by atoms with van der Waals surface area (Å²) in [5, 5.41) is 0. The number of hydrogen-bond donors (Lipinski definition) is 0. The summed E-state index contributed by atoms with van der Waals surface area (Å²) >= 11 is 0. The summed E-state index contributed by atoms with van der Waals surface area (Å²) in [5.74, 6) is 1.76. The van der Waals surface area contributed by atoms with Crippen LogP contribution in [0.1, 0.15) is 18.4 Å². The normalized spacial score (nSPS) is 32.2. The van der Waals surface area contributed by atoms with Gasteiger partial charge in [-0.3, -0.25) is 4.79 Å². The van der Waals surface area contributed by atoms with Gasteiger partial charge in [-0.15, -0.1) is 0 Å². The standard InChI is InChI=1S/C14H14O2/c1-9-8-16-12-7-11(15)14(13(9)12)10-5-3-2-4-6-10/h2-7,9,13-14H,8H2,1H3/t9-,13+,14+/m1/s1. The highest BCUT2D eigenvalue weighted by Crippen LogP contribution is 2.46. The number of ketones is 1. The quantitative estimate of drug-likeness (QED) is 0.718. The van der Waals surface area contributed by atoms with Gasteiger partial charge < -0.3 is 4.74 Å². The van der Waals surface area contributed by atoms with Crippen LogP contribution in [0.4, 0.5) is 0 Å². The Balaban J connectivity index is 2.00. The van der Waals surface area contributed by atoms with Gasteiger partial charge in [-0.05, 0) is 5.56 Å². The van der Waals surface area contributed by atoms with Crippen molar-refractivity contribution in [3.8, 4) is 0 Å². The summed E-state index contributed by atoms with van der Waals surface area (Å²) in [6.45, 7) is 2.90. The summed E-state index contributed by atoms with van der Waals surface area (Å²) < 4.78 is 5.55. The molecule has 2 heteroatoms. The van der Waals surface area contributed by atoms with E-state index in [1.807, 2.05) is 30.3 Å². The SMILES string of the molecule is C[C@@H]1COC2=CC(=O)[C@H](c3ccccc3)[C@H]21. The van der Waals surface area contributed by atoms with E-state index in [-0.39, 0.29) is 17.6 Å². The van der Waals surface area contributed by atoms with Gasteiger partial charge in [-0.25, -0.2) is 0 Å². The van der Waals surface area contributed by atoms with Crippen LogP contribution < -0.4 is 0 Å². The van der Waals surface area contributed by atoms with Gasteiger partial charge in [0.05, 0.1) is 12.5 Å². The van der Waals surface area contributed by atoms with Crippen LogP contribution >= 0.6 is 0 Å². The lowest BCUT2D eigenvalue weighted by atomic mass is 9.81. The van der Waals surface area contributed by atoms with Crippen LogP contribution in [0.3, 0.4) is 0 Å². The first kappa shape index (κ1) is 9.64. The second-order valence-corrected chi connectivity index (χ2v) is 4.65. The third kappa shape index (κ3) is 1.29. The van der Waals surface area contributed by atoms with Gasteiger partial charge in [0.15, 0.2) is 5.78 Å². The van der Waals surface area contributed by atoms with Crippen molar-refractivity contribution in [1.29, 1.82) is 0 Å². The van der Waals surface area contributed by atoms with Crippen molar-refractivity contribution in [1.82, 2.24) is 0 Å². The van der Waals surface area contributed by atoms with Crippen molar-refractivity contribution < 1.29 is 9.53 Å². The second kappa shape index (κ2) is 3.48. The average Bonchev–Trinajstić information content (AvgIpc) is 2.80. The van der Waals surface area contributed by atoms with Crippen LogP contribution in [0.2, 0.25) is 0 Å². The molecule has 0 saturated carbocycles. The highest BCUT2D eigenvalue weighted by molar-refractivity contribution is 5.99. The van der Waals surface area contributed by atoms with Gasteiger partial charge in [0.1, 0.15) is 5.76 Å². The predicted octanol–water partition coefficient (Wildman–Crippen LogP) is 2.52. The first-order valence-corrected chi connectivity index (χ1v) is 5.70. The Labute approximate surface area is 94.9 Å². The average molecular weight is 214 g/mol. The molecule has 1 heterocycles. The Morgan fingerprint density at radius 2 is 2.00 bits per heavy atom. The van der Waals surface area contributed by atoms with E-state index in [2.05, 4.69) is 6.92 Å². The number of carbonyl (C=O) groups is 1. The third-order valence-electron chi connectivity index (χ3n) is 3.56. The van der Waals surface area contributed by atoms with Gasteiger partial charge in [-0.2, -0.15) is 0 Å². The minimum Gasteiger partial charge on any atom is -0.497 e. The van der Waals surface area contributed by atoms with E-state index in [1.165, 1.54) is 0 Å². The Bertz CT molecular complexity index is 447. The van der Waals surface area contributed by atoms with Gasteiger partial charge in [0.25, 0.3) is 0 Å². The summed E-state index contributed by atoms with van der Waals surface area (Å²) in [5.41, 5.74) is 1.11. The van der Waals surface area contributed by atoms with Crippen molar-refractivity contribution in [3.05, 3.63) is 47.7 Å². The largest absolute Gasteiger partial charge is 0.497 e. The molecule has 16 heavy (non-hydrogen) atoms. The minimum absolute atomic E-state index is 0.0197. The number of allylic oxidation sites excluding steroid dienone is 2. The molecule has 1 aliphatic heterocycles. The molecule has 82 valence electrons. The zero-order chi connectivity index (χ0) is 11.1. The lowest BCUT2D eigenvalue weighted by Gasteiger charge is -2.18. The van der Waals surface area contributed by atoms with Crippen molar-refractivity contribution in [3.63, 3.8) is 0 Å². The Hall–Kier alpha value is -1.57. The van der Waals surface area contributed by atoms with E-state index >= 15 is 0 Å². The van der Waals surface area contributed by atoms with Crippen LogP contribution in [0, 0.1) is 11.8 Å². The molecule has 0 spiro atoms. The number of rotatable bonds is 1. The summed E-state index contributed by atoms with van der Waals surface area (Å²) in [7, 11) is 0. The summed E-state index contributed by atoms with van der Waals surface area (Å²) in [4.78, 5) is 12.0. The van der Waals surface area contributed by atoms with Gasteiger partial charge in [0, 0.05) is 17.9 Å². The fourth-order valence-corrected chi connectivity index (χ4v) is 2.78. The highest BCUT2D eigenvalue weighted by Gasteiger charge is 2.45. The first-order chi connectivity index (χ1) is 7.77. The minimum atomic E-state index is -0.0197. The molecule has 0 radical (unpaired) electrons. The maximum absolute atomic E-state index is 12.0. The van der Waals surface area contributed by atoms with Crippen molar-refractivity contribution >= 4 is 5.78 Å². The van der Waals surface area contributed by atoms with Crippen LogP contribution in [0.15, 0.2) is 42.2 Å². The zero-order valence-corrected chi connectivity index (χ0v) is 9.22. The zero-order valence-electron chi connectivity index (χ0n) is 9.22. The van der Waals surface area contributed by atoms with Crippen LogP contribution in [-0.2, 0) is 9.53 Å². The van der Waals surface area contributed by atoms with Gasteiger partial charge in [-0.1, -0.05) is 37.3 Å². The second-order valence-electron chi connectivity index (χ2n) is 4.65. The molecule has 1 fully saturated rings. The van der Waals surface area contributed by atoms with Gasteiger partial charge in [0.2, 0.25) is 0 Å². The third-order valence-corrected chi connectivity index (χ3v) is 3.56. The van der Waals surface area contributed by atoms with Crippen LogP contribution in [0.5, 0.6) is 0 Å². The Morgan fingerprint density at radius 1 is 1.25 bits per heavy atom. The van der Waals surface area contributed by atoms with Crippen molar-refractivity contribution in [2.24, 2.45) is 11.8 Å². The van der Waals surface area contributed by atoms with Crippen molar-refractivity contribution in [2.75, 3.05) is 6.61 Å². The van der Waals surface area contributed by atoms with Crippen LogP contribution in [0.25, 0.3) is 0 Å². The summed E-state index contributed by atoms with van der Waals surface area (Å²) in [6, 6.07) is 10.0. The van der Waals surface area contributed by atoms with Crippen LogP contribution in [-0.4, -0.2) is 12.4 Å². The lowest BCUT2D eigenvalue weighted by Crippen LogP contribution is -2.19. The van der Waals surface area contributed by atoms with E-state index in [0.717, 1.165) is 17.9 Å². The molecule has 0 aromatic heterocycles. The van der Waals surface area contributed by atoms with E-state index in [4.69, 9.17) is 4.74 Å². The topological polar surface area (TPSA) is 26.3 Å². The molecule has 3 atom stereocenters. The van der Waals surface area contributed by atoms with Crippen molar-refractivity contribution in [2.45, 2.75) is 12.8 Å².